The third kappa shape index (κ3) is 2.87. The minimum absolute atomic E-state index is 0.0436. The van der Waals surface area contributed by atoms with Crippen LogP contribution in [-0.4, -0.2) is 29.1 Å². The van der Waals surface area contributed by atoms with E-state index in [1.54, 1.807) is 4.68 Å². The van der Waals surface area contributed by atoms with Crippen LogP contribution >= 0.6 is 0 Å². The third-order valence-corrected chi connectivity index (χ3v) is 2.92. The maximum atomic E-state index is 6.17. The van der Waals surface area contributed by atoms with Crippen LogP contribution in [0.4, 0.5) is 5.69 Å². The number of nitrogens with two attached hydrogens (primary N) is 1. The van der Waals surface area contributed by atoms with E-state index in [4.69, 9.17) is 5.73 Å². The first-order valence-corrected chi connectivity index (χ1v) is 5.94. The van der Waals surface area contributed by atoms with E-state index in [0.29, 0.717) is 6.42 Å². The molecule has 0 radical (unpaired) electrons. The fourth-order valence-electron chi connectivity index (χ4n) is 1.85. The van der Waals surface area contributed by atoms with E-state index < -0.39 is 0 Å². The Labute approximate surface area is 107 Å². The molecule has 0 saturated carbocycles. The molecule has 0 fully saturated rings. The van der Waals surface area contributed by atoms with Crippen LogP contribution in [0.5, 0.6) is 0 Å². The number of benzene rings is 1. The molecule has 0 aliphatic heterocycles. The van der Waals surface area contributed by atoms with Crippen LogP contribution in [0.3, 0.4) is 0 Å². The SMILES string of the molecule is CN(C)c1ccc(C(N)Cc2cn(C)nn2)cc1. The molecule has 0 spiro atoms. The van der Waals surface area contributed by atoms with Crippen LogP contribution < -0.4 is 10.6 Å². The Morgan fingerprint density at radius 3 is 2.44 bits per heavy atom. The van der Waals surface area contributed by atoms with Crippen molar-refractivity contribution in [2.75, 3.05) is 19.0 Å². The summed E-state index contributed by atoms with van der Waals surface area (Å²) in [6, 6.07) is 8.24. The predicted molar refractivity (Wildman–Crippen MR) is 72.4 cm³/mol. The van der Waals surface area contributed by atoms with Gasteiger partial charge in [-0.25, -0.2) is 0 Å². The quantitative estimate of drug-likeness (QED) is 0.877. The summed E-state index contributed by atoms with van der Waals surface area (Å²) in [4.78, 5) is 2.07. The van der Waals surface area contributed by atoms with Gasteiger partial charge in [-0.1, -0.05) is 17.3 Å². The van der Waals surface area contributed by atoms with Crippen molar-refractivity contribution in [2.24, 2.45) is 12.8 Å². The van der Waals surface area contributed by atoms with Crippen molar-refractivity contribution in [1.82, 2.24) is 15.0 Å². The molecule has 1 heterocycles. The molecule has 5 heteroatoms. The lowest BCUT2D eigenvalue weighted by Gasteiger charge is -2.15. The largest absolute Gasteiger partial charge is 0.378 e. The lowest BCUT2D eigenvalue weighted by atomic mass is 10.0. The highest BCUT2D eigenvalue weighted by atomic mass is 15.4. The van der Waals surface area contributed by atoms with Crippen molar-refractivity contribution < 1.29 is 0 Å². The van der Waals surface area contributed by atoms with Crippen molar-refractivity contribution in [2.45, 2.75) is 12.5 Å². The second-order valence-electron chi connectivity index (χ2n) is 4.68. The van der Waals surface area contributed by atoms with Gasteiger partial charge in [-0.3, -0.25) is 4.68 Å². The molecule has 2 aromatic rings. The maximum absolute atomic E-state index is 6.17. The van der Waals surface area contributed by atoms with Gasteiger partial charge in [-0.15, -0.1) is 5.10 Å². The molecule has 1 unspecified atom stereocenters. The summed E-state index contributed by atoms with van der Waals surface area (Å²) in [6.07, 6.45) is 2.60. The van der Waals surface area contributed by atoms with Gasteiger partial charge in [-0.05, 0) is 17.7 Å². The molecule has 96 valence electrons. The third-order valence-electron chi connectivity index (χ3n) is 2.92. The number of anilines is 1. The number of hydrogen-bond acceptors (Lipinski definition) is 4. The summed E-state index contributed by atoms with van der Waals surface area (Å²) in [5, 5.41) is 7.96. The summed E-state index contributed by atoms with van der Waals surface area (Å²) in [6.45, 7) is 0. The molecule has 2 rings (SSSR count). The van der Waals surface area contributed by atoms with Crippen LogP contribution in [0.1, 0.15) is 17.3 Å². The summed E-state index contributed by atoms with van der Waals surface area (Å²) in [7, 11) is 5.90. The van der Waals surface area contributed by atoms with Crippen molar-refractivity contribution >= 4 is 5.69 Å². The monoisotopic (exact) mass is 245 g/mol. The van der Waals surface area contributed by atoms with E-state index in [1.165, 1.54) is 5.69 Å². The maximum Gasteiger partial charge on any atom is 0.0845 e. The smallest absolute Gasteiger partial charge is 0.0845 e. The van der Waals surface area contributed by atoms with Gasteiger partial charge in [0.25, 0.3) is 0 Å². The van der Waals surface area contributed by atoms with E-state index in [1.807, 2.05) is 27.3 Å². The molecule has 0 bridgehead atoms. The van der Waals surface area contributed by atoms with Crippen molar-refractivity contribution in [3.8, 4) is 0 Å². The first kappa shape index (κ1) is 12.6. The average molecular weight is 245 g/mol. The van der Waals surface area contributed by atoms with Crippen LogP contribution in [-0.2, 0) is 13.5 Å². The summed E-state index contributed by atoms with van der Waals surface area (Å²) >= 11 is 0. The standard InChI is InChI=1S/C13H19N5/c1-17(2)12-6-4-10(5-7-12)13(14)8-11-9-18(3)16-15-11/h4-7,9,13H,8,14H2,1-3H3. The van der Waals surface area contributed by atoms with Crippen molar-refractivity contribution in [3.63, 3.8) is 0 Å². The highest BCUT2D eigenvalue weighted by molar-refractivity contribution is 5.46. The van der Waals surface area contributed by atoms with Crippen LogP contribution in [0.15, 0.2) is 30.5 Å². The molecule has 0 aliphatic carbocycles. The van der Waals surface area contributed by atoms with Crippen molar-refractivity contribution in [3.05, 3.63) is 41.7 Å². The molecule has 1 aromatic carbocycles. The zero-order valence-corrected chi connectivity index (χ0v) is 11.0. The zero-order valence-electron chi connectivity index (χ0n) is 11.0. The first-order chi connectivity index (χ1) is 8.56. The Kier molecular flexibility index (Phi) is 3.62. The van der Waals surface area contributed by atoms with E-state index in [-0.39, 0.29) is 6.04 Å². The molecule has 0 aliphatic rings. The number of aryl methyl sites for hydroxylation is 1. The highest BCUT2D eigenvalue weighted by Crippen LogP contribution is 2.18. The van der Waals surface area contributed by atoms with Gasteiger partial charge < -0.3 is 10.6 Å². The number of hydrogen-bond donors (Lipinski definition) is 1. The lowest BCUT2D eigenvalue weighted by molar-refractivity contribution is 0.694. The van der Waals surface area contributed by atoms with Gasteiger partial charge >= 0.3 is 0 Å². The fourth-order valence-corrected chi connectivity index (χ4v) is 1.85. The average Bonchev–Trinajstić information content (AvgIpc) is 2.75. The Bertz CT molecular complexity index is 500. The molecule has 0 saturated heterocycles. The second-order valence-corrected chi connectivity index (χ2v) is 4.68. The Balaban J connectivity index is 2.06. The molecule has 18 heavy (non-hydrogen) atoms. The Hall–Kier alpha value is -1.88. The summed E-state index contributed by atoms with van der Waals surface area (Å²) < 4.78 is 1.69. The molecule has 2 N–H and O–H groups in total. The number of rotatable bonds is 4. The molecular weight excluding hydrogens is 226 g/mol. The molecule has 5 nitrogen and oxygen atoms in total. The minimum atomic E-state index is -0.0436. The molecular formula is C13H19N5. The zero-order chi connectivity index (χ0) is 13.1. The first-order valence-electron chi connectivity index (χ1n) is 5.94. The Morgan fingerprint density at radius 2 is 1.94 bits per heavy atom. The van der Waals surface area contributed by atoms with Crippen LogP contribution in [0.25, 0.3) is 0 Å². The topological polar surface area (TPSA) is 60.0 Å². The molecule has 1 aromatic heterocycles. The van der Waals surface area contributed by atoms with E-state index >= 15 is 0 Å². The van der Waals surface area contributed by atoms with E-state index in [0.717, 1.165) is 11.3 Å². The van der Waals surface area contributed by atoms with Gasteiger partial charge in [-0.2, -0.15) is 0 Å². The lowest BCUT2D eigenvalue weighted by Crippen LogP contribution is -2.14. The minimum Gasteiger partial charge on any atom is -0.378 e. The van der Waals surface area contributed by atoms with E-state index in [9.17, 15) is 0 Å². The molecule has 1 atom stereocenters. The summed E-state index contributed by atoms with van der Waals surface area (Å²) in [5.41, 5.74) is 9.38. The van der Waals surface area contributed by atoms with Gasteiger partial charge in [0.2, 0.25) is 0 Å². The van der Waals surface area contributed by atoms with Crippen molar-refractivity contribution in [1.29, 1.82) is 0 Å². The van der Waals surface area contributed by atoms with Crippen LogP contribution in [0.2, 0.25) is 0 Å². The summed E-state index contributed by atoms with van der Waals surface area (Å²) in [5.74, 6) is 0. The van der Waals surface area contributed by atoms with Crippen LogP contribution in [0, 0.1) is 0 Å². The van der Waals surface area contributed by atoms with Gasteiger partial charge in [0.1, 0.15) is 0 Å². The predicted octanol–water partition coefficient (Wildman–Crippen LogP) is 1.12. The fraction of sp³-hybridized carbons (Fsp3) is 0.385. The van der Waals surface area contributed by atoms with Gasteiger partial charge in [0, 0.05) is 45.5 Å². The number of aromatic nitrogens is 3. The number of nitrogens with zero attached hydrogens (tertiary/aromatic N) is 4. The Morgan fingerprint density at radius 1 is 1.28 bits per heavy atom. The normalized spacial score (nSPS) is 12.4. The second kappa shape index (κ2) is 5.18. The van der Waals surface area contributed by atoms with E-state index in [2.05, 4.69) is 39.5 Å². The van der Waals surface area contributed by atoms with Gasteiger partial charge in [0.15, 0.2) is 0 Å². The molecule has 0 amide bonds. The van der Waals surface area contributed by atoms with Gasteiger partial charge in [0.05, 0.1) is 5.69 Å². The highest BCUT2D eigenvalue weighted by Gasteiger charge is 2.09.